The van der Waals surface area contributed by atoms with Gasteiger partial charge in [0, 0.05) is 32.0 Å². The summed E-state index contributed by atoms with van der Waals surface area (Å²) in [4.78, 5) is 28.1. The molecule has 5 rings (SSSR count). The van der Waals surface area contributed by atoms with Crippen molar-refractivity contribution in [1.29, 1.82) is 0 Å². The SMILES string of the molecule is Cl.Cl.O=C(c1cnc2c(c1)ncn2Cc1ccccn1)N1CCC2(CNCCO2)C1. The van der Waals surface area contributed by atoms with Gasteiger partial charge in [-0.25, -0.2) is 9.97 Å². The van der Waals surface area contributed by atoms with Crippen LogP contribution < -0.4 is 5.32 Å². The molecule has 1 amide bonds. The number of aromatic nitrogens is 4. The summed E-state index contributed by atoms with van der Waals surface area (Å²) in [5, 5.41) is 3.37. The minimum atomic E-state index is -0.240. The number of hydrogen-bond acceptors (Lipinski definition) is 6. The molecular formula is C20H24Cl2N6O2. The Labute approximate surface area is 186 Å². The lowest BCUT2D eigenvalue weighted by Gasteiger charge is -2.34. The van der Waals surface area contributed by atoms with E-state index in [1.54, 1.807) is 18.7 Å². The molecule has 2 aliphatic rings. The number of fused-ring (bicyclic) bond motifs is 1. The normalized spacial score (nSPS) is 20.7. The minimum absolute atomic E-state index is 0. The molecule has 160 valence electrons. The number of carbonyl (C=O) groups is 1. The van der Waals surface area contributed by atoms with Crippen LogP contribution in [0, 0.1) is 0 Å². The number of nitrogens with zero attached hydrogens (tertiary/aromatic N) is 5. The third kappa shape index (κ3) is 4.27. The zero-order valence-corrected chi connectivity index (χ0v) is 18.0. The second kappa shape index (κ2) is 9.26. The lowest BCUT2D eigenvalue weighted by Crippen LogP contribution is -2.51. The van der Waals surface area contributed by atoms with E-state index >= 15 is 0 Å². The molecule has 8 nitrogen and oxygen atoms in total. The maximum absolute atomic E-state index is 13.0. The first-order valence-corrected chi connectivity index (χ1v) is 9.57. The largest absolute Gasteiger partial charge is 0.370 e. The van der Waals surface area contributed by atoms with Crippen LogP contribution in [0.5, 0.6) is 0 Å². The topological polar surface area (TPSA) is 85.2 Å². The Kier molecular flexibility index (Phi) is 6.92. The van der Waals surface area contributed by atoms with Gasteiger partial charge in [0.2, 0.25) is 0 Å². The van der Waals surface area contributed by atoms with Crippen LogP contribution in [0.1, 0.15) is 22.5 Å². The quantitative estimate of drug-likeness (QED) is 0.655. The fourth-order valence-electron chi connectivity index (χ4n) is 4.02. The van der Waals surface area contributed by atoms with Gasteiger partial charge >= 0.3 is 0 Å². The first-order chi connectivity index (χ1) is 13.7. The molecule has 0 aromatic carbocycles. The molecule has 3 aromatic rings. The molecule has 0 saturated carbocycles. The Hall–Kier alpha value is -2.26. The van der Waals surface area contributed by atoms with Gasteiger partial charge in [0.1, 0.15) is 5.52 Å². The predicted octanol–water partition coefficient (Wildman–Crippen LogP) is 1.92. The van der Waals surface area contributed by atoms with E-state index < -0.39 is 0 Å². The molecular weight excluding hydrogens is 427 g/mol. The van der Waals surface area contributed by atoms with Crippen molar-refractivity contribution in [2.75, 3.05) is 32.8 Å². The van der Waals surface area contributed by atoms with Crippen molar-refractivity contribution in [3.05, 3.63) is 54.2 Å². The van der Waals surface area contributed by atoms with Gasteiger partial charge in [0.05, 0.1) is 42.9 Å². The fraction of sp³-hybridized carbons (Fsp3) is 0.400. The van der Waals surface area contributed by atoms with Crippen LogP contribution in [0.2, 0.25) is 0 Å². The third-order valence-electron chi connectivity index (χ3n) is 5.50. The van der Waals surface area contributed by atoms with Gasteiger partial charge in [-0.1, -0.05) is 6.07 Å². The van der Waals surface area contributed by atoms with Gasteiger partial charge in [0.25, 0.3) is 5.91 Å². The summed E-state index contributed by atoms with van der Waals surface area (Å²) in [5.41, 5.74) is 2.73. The van der Waals surface area contributed by atoms with Crippen LogP contribution in [0.3, 0.4) is 0 Å². The van der Waals surface area contributed by atoms with Crippen molar-refractivity contribution in [3.8, 4) is 0 Å². The van der Waals surface area contributed by atoms with Gasteiger partial charge < -0.3 is 19.5 Å². The number of morpholine rings is 1. The molecule has 1 atom stereocenters. The van der Waals surface area contributed by atoms with E-state index in [1.807, 2.05) is 33.7 Å². The van der Waals surface area contributed by atoms with Crippen LogP contribution in [0.15, 0.2) is 43.0 Å². The maximum Gasteiger partial charge on any atom is 0.255 e. The molecule has 10 heteroatoms. The molecule has 0 radical (unpaired) electrons. The van der Waals surface area contributed by atoms with E-state index in [0.29, 0.717) is 37.3 Å². The first-order valence-electron chi connectivity index (χ1n) is 9.57. The summed E-state index contributed by atoms with van der Waals surface area (Å²) in [5.74, 6) is -0.0141. The summed E-state index contributed by atoms with van der Waals surface area (Å²) in [7, 11) is 0. The number of pyridine rings is 2. The summed E-state index contributed by atoms with van der Waals surface area (Å²) in [6, 6.07) is 7.64. The smallest absolute Gasteiger partial charge is 0.255 e. The summed E-state index contributed by atoms with van der Waals surface area (Å²) in [6.07, 6.45) is 6.02. The van der Waals surface area contributed by atoms with Crippen LogP contribution in [-0.4, -0.2) is 68.7 Å². The average Bonchev–Trinajstić information content (AvgIpc) is 3.33. The van der Waals surface area contributed by atoms with Crippen LogP contribution in [0.4, 0.5) is 0 Å². The van der Waals surface area contributed by atoms with E-state index in [4.69, 9.17) is 4.74 Å². The Bertz CT molecular complexity index is 1010. The van der Waals surface area contributed by atoms with Gasteiger partial charge in [-0.2, -0.15) is 0 Å². The highest BCUT2D eigenvalue weighted by atomic mass is 35.5. The molecule has 0 bridgehead atoms. The third-order valence-corrected chi connectivity index (χ3v) is 5.50. The summed E-state index contributed by atoms with van der Waals surface area (Å²) >= 11 is 0. The Morgan fingerprint density at radius 2 is 2.13 bits per heavy atom. The van der Waals surface area contributed by atoms with Crippen LogP contribution >= 0.6 is 24.8 Å². The van der Waals surface area contributed by atoms with Crippen molar-refractivity contribution in [1.82, 2.24) is 29.7 Å². The number of halogens is 2. The van der Waals surface area contributed by atoms with E-state index in [0.717, 1.165) is 30.9 Å². The minimum Gasteiger partial charge on any atom is -0.370 e. The van der Waals surface area contributed by atoms with Crippen molar-refractivity contribution in [3.63, 3.8) is 0 Å². The number of imidazole rings is 1. The Morgan fingerprint density at radius 1 is 1.23 bits per heavy atom. The number of likely N-dealkylation sites (tertiary alicyclic amines) is 1. The molecule has 30 heavy (non-hydrogen) atoms. The Balaban J connectivity index is 0.00000128. The van der Waals surface area contributed by atoms with E-state index in [2.05, 4.69) is 20.3 Å². The second-order valence-corrected chi connectivity index (χ2v) is 7.45. The highest BCUT2D eigenvalue weighted by Gasteiger charge is 2.42. The molecule has 0 aliphatic carbocycles. The van der Waals surface area contributed by atoms with Crippen molar-refractivity contribution in [2.45, 2.75) is 18.6 Å². The Morgan fingerprint density at radius 3 is 2.90 bits per heavy atom. The van der Waals surface area contributed by atoms with Crippen molar-refractivity contribution < 1.29 is 9.53 Å². The molecule has 2 aliphatic heterocycles. The molecule has 1 N–H and O–H groups in total. The van der Waals surface area contributed by atoms with Crippen LogP contribution in [0.25, 0.3) is 11.2 Å². The predicted molar refractivity (Wildman–Crippen MR) is 117 cm³/mol. The zero-order chi connectivity index (χ0) is 19.0. The van der Waals surface area contributed by atoms with Crippen molar-refractivity contribution >= 4 is 41.9 Å². The number of nitrogens with one attached hydrogen (secondary N) is 1. The molecule has 2 fully saturated rings. The van der Waals surface area contributed by atoms with Gasteiger partial charge in [-0.3, -0.25) is 9.78 Å². The number of carbonyl (C=O) groups excluding carboxylic acids is 1. The molecule has 5 heterocycles. The highest BCUT2D eigenvalue weighted by Crippen LogP contribution is 2.28. The molecule has 1 unspecified atom stereocenters. The number of rotatable bonds is 3. The van der Waals surface area contributed by atoms with Crippen molar-refractivity contribution in [2.24, 2.45) is 0 Å². The first kappa shape index (κ1) is 22.4. The van der Waals surface area contributed by atoms with E-state index in [9.17, 15) is 4.79 Å². The standard InChI is InChI=1S/C20H22N6O2.2ClH/c27-19(25-7-4-20(13-25)12-21-6-8-28-20)15-9-17-18(23-10-15)26(14-24-17)11-16-3-1-2-5-22-16;;/h1-3,5,9-10,14,21H,4,6-8,11-13H2;2*1H. The van der Waals surface area contributed by atoms with Crippen LogP contribution in [-0.2, 0) is 11.3 Å². The molecule has 3 aromatic heterocycles. The lowest BCUT2D eigenvalue weighted by molar-refractivity contribution is -0.0559. The van der Waals surface area contributed by atoms with Gasteiger partial charge in [-0.05, 0) is 24.6 Å². The second-order valence-electron chi connectivity index (χ2n) is 7.45. The molecule has 2 saturated heterocycles. The monoisotopic (exact) mass is 450 g/mol. The number of ether oxygens (including phenoxy) is 1. The number of hydrogen-bond donors (Lipinski definition) is 1. The average molecular weight is 451 g/mol. The summed E-state index contributed by atoms with van der Waals surface area (Å²) < 4.78 is 7.92. The fourth-order valence-corrected chi connectivity index (χ4v) is 4.02. The maximum atomic E-state index is 13.0. The molecule has 1 spiro atoms. The van der Waals surface area contributed by atoms with Gasteiger partial charge in [-0.15, -0.1) is 24.8 Å². The number of amides is 1. The summed E-state index contributed by atoms with van der Waals surface area (Å²) in [6.45, 7) is 4.28. The highest BCUT2D eigenvalue weighted by molar-refractivity contribution is 5.96. The zero-order valence-electron chi connectivity index (χ0n) is 16.4. The van der Waals surface area contributed by atoms with E-state index in [1.165, 1.54) is 0 Å². The van der Waals surface area contributed by atoms with E-state index in [-0.39, 0.29) is 36.3 Å². The lowest BCUT2D eigenvalue weighted by atomic mass is 10.0. The van der Waals surface area contributed by atoms with Gasteiger partial charge in [0.15, 0.2) is 5.65 Å².